The Labute approximate surface area is 261 Å². The Bertz CT molecular complexity index is 1180. The summed E-state index contributed by atoms with van der Waals surface area (Å²) in [6, 6.07) is 8.95. The van der Waals surface area contributed by atoms with Crippen LogP contribution in [0.3, 0.4) is 0 Å². The van der Waals surface area contributed by atoms with Crippen LogP contribution in [0.5, 0.6) is 0 Å². The molecular weight excluding hydrogens is 596 g/mol. The van der Waals surface area contributed by atoms with Gasteiger partial charge in [-0.1, -0.05) is 30.3 Å². The summed E-state index contributed by atoms with van der Waals surface area (Å²) in [6.07, 6.45) is -7.05. The lowest BCUT2D eigenvalue weighted by atomic mass is 9.92. The normalized spacial score (nSPS) is 21.2. The summed E-state index contributed by atoms with van der Waals surface area (Å²) in [5.74, 6) is -3.58. The maximum atomic E-state index is 12.7. The largest absolute Gasteiger partial charge is 0.463 e. The molecule has 1 aromatic rings. The Morgan fingerprint density at radius 3 is 1.87 bits per heavy atom. The predicted molar refractivity (Wildman–Crippen MR) is 154 cm³/mol. The van der Waals surface area contributed by atoms with Crippen LogP contribution < -0.4 is 5.43 Å². The van der Waals surface area contributed by atoms with Crippen LogP contribution in [0.1, 0.15) is 60.5 Å². The fourth-order valence-corrected chi connectivity index (χ4v) is 4.42. The summed E-state index contributed by atoms with van der Waals surface area (Å²) in [7, 11) is 0. The topological polar surface area (TPSA) is 182 Å². The summed E-state index contributed by atoms with van der Waals surface area (Å²) in [5.41, 5.74) is 2.44. The average molecular weight is 639 g/mol. The number of hydrazine groups is 1. The number of nitrogens with one attached hydrogen (secondary N) is 1. The standard InChI is InChI=1S/C30H42N2O13/c1-18(33)39-17-24-27(42-20(3)35)28(43-21(4)36)26(41-19(2)34)23(44-24)13-14-32(15-25(37)45-30(5,6)7)31-29(38)40-16-22-11-9-8-10-12-22/h8-12,23-24,26-28H,13-17H2,1-7H3,(H,31,38)/t23-,24-,26+,27+,28-/m1/s1. The van der Waals surface area contributed by atoms with E-state index < -0.39 is 78.6 Å². The SMILES string of the molecule is CC(=O)OC[C@H]1O[C@H](CCN(CC(=O)OC(C)(C)C)NC(=O)OCc2ccccc2)[C@H](OC(C)=O)[C@@H](OC(C)=O)[C@H]1OC(C)=O. The van der Waals surface area contributed by atoms with Crippen molar-refractivity contribution in [3.63, 3.8) is 0 Å². The number of hydrogen-bond acceptors (Lipinski definition) is 14. The van der Waals surface area contributed by atoms with Crippen LogP contribution in [0.15, 0.2) is 30.3 Å². The molecular formula is C30H42N2O13. The zero-order valence-corrected chi connectivity index (χ0v) is 26.6. The van der Waals surface area contributed by atoms with E-state index in [0.717, 1.165) is 26.3 Å². The average Bonchev–Trinajstić information content (AvgIpc) is 2.91. The second kappa shape index (κ2) is 17.3. The van der Waals surface area contributed by atoms with Gasteiger partial charge >= 0.3 is 35.9 Å². The molecule has 0 bridgehead atoms. The third-order valence-electron chi connectivity index (χ3n) is 5.97. The molecule has 250 valence electrons. The van der Waals surface area contributed by atoms with Crippen LogP contribution in [0.4, 0.5) is 4.79 Å². The van der Waals surface area contributed by atoms with E-state index in [1.165, 1.54) is 11.9 Å². The van der Waals surface area contributed by atoms with Crippen molar-refractivity contribution in [3.8, 4) is 0 Å². The zero-order valence-electron chi connectivity index (χ0n) is 26.6. The van der Waals surface area contributed by atoms with Crippen molar-refractivity contribution >= 4 is 35.9 Å². The van der Waals surface area contributed by atoms with E-state index in [-0.39, 0.29) is 26.2 Å². The maximum absolute atomic E-state index is 12.7. The molecule has 1 aliphatic heterocycles. The molecule has 2 rings (SSSR count). The molecule has 1 saturated heterocycles. The molecule has 0 spiro atoms. The van der Waals surface area contributed by atoms with Gasteiger partial charge in [0.1, 0.15) is 37.6 Å². The first-order chi connectivity index (χ1) is 21.0. The third-order valence-corrected chi connectivity index (χ3v) is 5.97. The van der Waals surface area contributed by atoms with Gasteiger partial charge in [0.05, 0.1) is 0 Å². The van der Waals surface area contributed by atoms with Gasteiger partial charge in [-0.3, -0.25) is 29.4 Å². The van der Waals surface area contributed by atoms with Gasteiger partial charge in [0.25, 0.3) is 0 Å². The molecule has 45 heavy (non-hydrogen) atoms. The first-order valence-corrected chi connectivity index (χ1v) is 14.3. The molecule has 1 heterocycles. The number of hydrogen-bond donors (Lipinski definition) is 1. The van der Waals surface area contributed by atoms with Crippen LogP contribution in [0, 0.1) is 0 Å². The fraction of sp³-hybridized carbons (Fsp3) is 0.600. The van der Waals surface area contributed by atoms with Gasteiger partial charge in [-0.15, -0.1) is 0 Å². The molecule has 0 radical (unpaired) electrons. The number of carbonyl (C=O) groups excluding carboxylic acids is 6. The lowest BCUT2D eigenvalue weighted by Crippen LogP contribution is -2.62. The molecule has 0 saturated carbocycles. The third kappa shape index (κ3) is 13.9. The van der Waals surface area contributed by atoms with Gasteiger partial charge in [-0.25, -0.2) is 9.80 Å². The highest BCUT2D eigenvalue weighted by atomic mass is 16.7. The molecule has 1 aliphatic rings. The number of benzene rings is 1. The van der Waals surface area contributed by atoms with Gasteiger partial charge < -0.3 is 33.2 Å². The molecule has 0 unspecified atom stereocenters. The van der Waals surface area contributed by atoms with Crippen molar-refractivity contribution < 1.29 is 61.9 Å². The molecule has 1 aromatic carbocycles. The van der Waals surface area contributed by atoms with Crippen LogP contribution in [0.2, 0.25) is 0 Å². The summed E-state index contributed by atoms with van der Waals surface area (Å²) in [4.78, 5) is 73.2. The first kappa shape index (κ1) is 36.9. The van der Waals surface area contributed by atoms with Gasteiger partial charge in [-0.05, 0) is 32.8 Å². The van der Waals surface area contributed by atoms with Crippen molar-refractivity contribution in [2.45, 2.75) is 97.6 Å². The summed E-state index contributed by atoms with van der Waals surface area (Å²) in [5, 5.41) is 1.23. The van der Waals surface area contributed by atoms with Crippen molar-refractivity contribution in [1.82, 2.24) is 10.4 Å². The summed E-state index contributed by atoms with van der Waals surface area (Å²) in [6.45, 7) is 8.70. The quantitative estimate of drug-likeness (QED) is 0.188. The van der Waals surface area contributed by atoms with Gasteiger partial charge in [0.15, 0.2) is 18.3 Å². The minimum absolute atomic E-state index is 0.0351. The number of carbonyl (C=O) groups is 6. The number of ether oxygens (including phenoxy) is 7. The summed E-state index contributed by atoms with van der Waals surface area (Å²) < 4.78 is 38.2. The van der Waals surface area contributed by atoms with Crippen molar-refractivity contribution in [1.29, 1.82) is 0 Å². The predicted octanol–water partition coefficient (Wildman–Crippen LogP) is 1.99. The molecule has 0 aromatic heterocycles. The van der Waals surface area contributed by atoms with Crippen LogP contribution in [-0.4, -0.2) is 96.8 Å². The first-order valence-electron chi connectivity index (χ1n) is 14.3. The van der Waals surface area contributed by atoms with E-state index in [1.807, 2.05) is 6.07 Å². The Morgan fingerprint density at radius 2 is 1.33 bits per heavy atom. The second-order valence-corrected chi connectivity index (χ2v) is 11.2. The van der Waals surface area contributed by atoms with Crippen LogP contribution >= 0.6 is 0 Å². The Balaban J connectivity index is 2.33. The minimum atomic E-state index is -1.35. The van der Waals surface area contributed by atoms with Gasteiger partial charge in [0, 0.05) is 34.2 Å². The highest BCUT2D eigenvalue weighted by Crippen LogP contribution is 2.31. The van der Waals surface area contributed by atoms with Crippen molar-refractivity contribution in [2.24, 2.45) is 0 Å². The van der Waals surface area contributed by atoms with Gasteiger partial charge in [-0.2, -0.15) is 0 Å². The maximum Gasteiger partial charge on any atom is 0.422 e. The van der Waals surface area contributed by atoms with Gasteiger partial charge in [0.2, 0.25) is 0 Å². The molecule has 1 amide bonds. The number of amides is 1. The van der Waals surface area contributed by atoms with E-state index in [4.69, 9.17) is 33.2 Å². The second-order valence-electron chi connectivity index (χ2n) is 11.2. The molecule has 1 N–H and O–H groups in total. The highest BCUT2D eigenvalue weighted by Gasteiger charge is 2.52. The minimum Gasteiger partial charge on any atom is -0.463 e. The van der Waals surface area contributed by atoms with Crippen LogP contribution in [-0.2, 0) is 63.7 Å². The van der Waals surface area contributed by atoms with E-state index in [9.17, 15) is 28.8 Å². The Kier molecular flexibility index (Phi) is 14.2. The van der Waals surface area contributed by atoms with E-state index in [1.54, 1.807) is 45.0 Å². The molecule has 1 fully saturated rings. The van der Waals surface area contributed by atoms with Crippen molar-refractivity contribution in [3.05, 3.63) is 35.9 Å². The highest BCUT2D eigenvalue weighted by molar-refractivity contribution is 5.73. The number of esters is 5. The van der Waals surface area contributed by atoms with Crippen molar-refractivity contribution in [2.75, 3.05) is 19.7 Å². The lowest BCUT2D eigenvalue weighted by Gasteiger charge is -2.44. The van der Waals surface area contributed by atoms with Crippen LogP contribution in [0.25, 0.3) is 0 Å². The number of rotatable bonds is 13. The zero-order chi connectivity index (χ0) is 33.7. The fourth-order valence-electron chi connectivity index (χ4n) is 4.42. The molecule has 15 heteroatoms. The lowest BCUT2D eigenvalue weighted by molar-refractivity contribution is -0.253. The molecule has 5 atom stereocenters. The van der Waals surface area contributed by atoms with E-state index in [2.05, 4.69) is 5.43 Å². The Hall–Kier alpha value is -4.24. The molecule has 15 nitrogen and oxygen atoms in total. The smallest absolute Gasteiger partial charge is 0.422 e. The summed E-state index contributed by atoms with van der Waals surface area (Å²) >= 11 is 0. The molecule has 0 aliphatic carbocycles. The van der Waals surface area contributed by atoms with E-state index >= 15 is 0 Å². The van der Waals surface area contributed by atoms with E-state index in [0.29, 0.717) is 0 Å². The Morgan fingerprint density at radius 1 is 0.778 bits per heavy atom. The monoisotopic (exact) mass is 638 g/mol. The number of nitrogens with zero attached hydrogens (tertiary/aromatic N) is 1.